The lowest BCUT2D eigenvalue weighted by atomic mass is 10.00. The fraction of sp³-hybridized carbons (Fsp3) is 0.250. The van der Waals surface area contributed by atoms with E-state index in [2.05, 4.69) is 18.8 Å². The summed E-state index contributed by atoms with van der Waals surface area (Å²) < 4.78 is 0. The molecule has 0 spiro atoms. The van der Waals surface area contributed by atoms with Crippen LogP contribution in [0.3, 0.4) is 0 Å². The molecule has 22 heavy (non-hydrogen) atoms. The Morgan fingerprint density at radius 2 is 1.82 bits per heavy atom. The number of aryl methyl sites for hydroxylation is 1. The van der Waals surface area contributed by atoms with E-state index in [0.29, 0.717) is 5.56 Å². The molecule has 0 radical (unpaired) electrons. The van der Waals surface area contributed by atoms with E-state index in [-0.39, 0.29) is 5.56 Å². The van der Waals surface area contributed by atoms with E-state index in [1.54, 1.807) is 6.07 Å². The van der Waals surface area contributed by atoms with E-state index in [0.717, 1.165) is 36.8 Å². The van der Waals surface area contributed by atoms with Crippen molar-refractivity contribution in [2.75, 3.05) is 0 Å². The summed E-state index contributed by atoms with van der Waals surface area (Å²) in [6.07, 6.45) is 4.33. The van der Waals surface area contributed by atoms with Crippen LogP contribution in [0.25, 0.3) is 0 Å². The van der Waals surface area contributed by atoms with Gasteiger partial charge in [0.2, 0.25) is 0 Å². The largest absolute Gasteiger partial charge is 0.478 e. The van der Waals surface area contributed by atoms with Crippen molar-refractivity contribution in [3.8, 4) is 11.8 Å². The van der Waals surface area contributed by atoms with Gasteiger partial charge in [-0.25, -0.2) is 4.79 Å². The van der Waals surface area contributed by atoms with Gasteiger partial charge in [-0.2, -0.15) is 0 Å². The van der Waals surface area contributed by atoms with E-state index in [9.17, 15) is 9.90 Å². The minimum Gasteiger partial charge on any atom is -0.478 e. The highest BCUT2D eigenvalue weighted by molar-refractivity contribution is 5.91. The normalized spacial score (nSPS) is 9.86. The maximum absolute atomic E-state index is 11.4. The summed E-state index contributed by atoms with van der Waals surface area (Å²) in [4.78, 5) is 11.4. The summed E-state index contributed by atoms with van der Waals surface area (Å²) in [5, 5.41) is 9.39. The summed E-state index contributed by atoms with van der Waals surface area (Å²) in [7, 11) is 0. The molecular weight excluding hydrogens is 272 g/mol. The molecule has 112 valence electrons. The molecule has 0 bridgehead atoms. The fourth-order valence-corrected chi connectivity index (χ4v) is 2.27. The van der Waals surface area contributed by atoms with Gasteiger partial charge in [0, 0.05) is 11.1 Å². The molecular formula is C20H20O2. The first-order valence-electron chi connectivity index (χ1n) is 7.64. The number of aromatic carboxylic acids is 1. The Morgan fingerprint density at radius 1 is 1.05 bits per heavy atom. The Kier molecular flexibility index (Phi) is 5.80. The van der Waals surface area contributed by atoms with Gasteiger partial charge in [0.15, 0.2) is 0 Å². The Morgan fingerprint density at radius 3 is 2.50 bits per heavy atom. The number of carboxylic acids is 1. The van der Waals surface area contributed by atoms with Crippen molar-refractivity contribution < 1.29 is 9.90 Å². The smallest absolute Gasteiger partial charge is 0.336 e. The van der Waals surface area contributed by atoms with E-state index in [1.807, 2.05) is 42.5 Å². The van der Waals surface area contributed by atoms with Crippen LogP contribution in [-0.2, 0) is 6.42 Å². The molecule has 0 atom stereocenters. The minimum absolute atomic E-state index is 0.289. The first-order valence-corrected chi connectivity index (χ1v) is 7.64. The van der Waals surface area contributed by atoms with Gasteiger partial charge >= 0.3 is 5.97 Å². The van der Waals surface area contributed by atoms with Crippen LogP contribution < -0.4 is 0 Å². The maximum Gasteiger partial charge on any atom is 0.336 e. The van der Waals surface area contributed by atoms with Gasteiger partial charge in [0.05, 0.1) is 5.56 Å². The van der Waals surface area contributed by atoms with Crippen molar-refractivity contribution in [2.45, 2.75) is 32.6 Å². The van der Waals surface area contributed by atoms with Gasteiger partial charge < -0.3 is 5.11 Å². The number of hydrogen-bond acceptors (Lipinski definition) is 1. The second kappa shape index (κ2) is 8.05. The number of carbonyl (C=O) groups is 1. The zero-order valence-electron chi connectivity index (χ0n) is 12.8. The second-order valence-corrected chi connectivity index (χ2v) is 5.26. The summed E-state index contributed by atoms with van der Waals surface area (Å²) >= 11 is 0. The number of hydrogen-bond donors (Lipinski definition) is 1. The van der Waals surface area contributed by atoms with Crippen molar-refractivity contribution in [3.05, 3.63) is 70.8 Å². The van der Waals surface area contributed by atoms with E-state index < -0.39 is 5.97 Å². The first-order chi connectivity index (χ1) is 10.7. The maximum atomic E-state index is 11.4. The molecule has 2 aromatic carbocycles. The van der Waals surface area contributed by atoms with E-state index in [4.69, 9.17) is 0 Å². The van der Waals surface area contributed by atoms with Crippen molar-refractivity contribution in [1.29, 1.82) is 0 Å². The average molecular weight is 292 g/mol. The van der Waals surface area contributed by atoms with Crippen LogP contribution in [0.4, 0.5) is 0 Å². The number of rotatable bonds is 5. The summed E-state index contributed by atoms with van der Waals surface area (Å²) in [5.41, 5.74) is 2.80. The molecule has 0 saturated carbocycles. The summed E-state index contributed by atoms with van der Waals surface area (Å²) in [6, 6.07) is 15.1. The molecule has 0 aliphatic carbocycles. The molecule has 2 nitrogen and oxygen atoms in total. The minimum atomic E-state index is -0.922. The Balaban J connectivity index is 2.24. The van der Waals surface area contributed by atoms with Crippen LogP contribution in [0.5, 0.6) is 0 Å². The molecule has 0 aliphatic heterocycles. The molecule has 0 amide bonds. The third kappa shape index (κ3) is 4.49. The Labute approximate surface area is 131 Å². The molecule has 2 rings (SSSR count). The third-order valence-electron chi connectivity index (χ3n) is 3.50. The fourth-order valence-electron chi connectivity index (χ4n) is 2.27. The number of carboxylic acid groups (broad SMARTS) is 1. The first kappa shape index (κ1) is 15.9. The van der Waals surface area contributed by atoms with Crippen LogP contribution in [0.15, 0.2) is 48.5 Å². The Bertz CT molecular complexity index is 691. The van der Waals surface area contributed by atoms with Gasteiger partial charge in [-0.05, 0) is 42.7 Å². The summed E-state index contributed by atoms with van der Waals surface area (Å²) in [5.74, 6) is 5.07. The molecule has 2 heteroatoms. The van der Waals surface area contributed by atoms with Crippen molar-refractivity contribution in [2.24, 2.45) is 0 Å². The lowest BCUT2D eigenvalue weighted by molar-refractivity contribution is 0.0696. The van der Waals surface area contributed by atoms with Crippen LogP contribution in [-0.4, -0.2) is 11.1 Å². The van der Waals surface area contributed by atoms with Gasteiger partial charge in [0.25, 0.3) is 0 Å². The predicted molar refractivity (Wildman–Crippen MR) is 89.1 cm³/mol. The molecule has 0 fully saturated rings. The molecule has 0 aliphatic rings. The molecule has 0 unspecified atom stereocenters. The molecule has 0 heterocycles. The van der Waals surface area contributed by atoms with Crippen molar-refractivity contribution in [3.63, 3.8) is 0 Å². The van der Waals surface area contributed by atoms with Crippen molar-refractivity contribution in [1.82, 2.24) is 0 Å². The van der Waals surface area contributed by atoms with Crippen LogP contribution in [0.2, 0.25) is 0 Å². The van der Waals surface area contributed by atoms with Gasteiger partial charge in [-0.1, -0.05) is 55.9 Å². The third-order valence-corrected chi connectivity index (χ3v) is 3.50. The van der Waals surface area contributed by atoms with E-state index in [1.165, 1.54) is 0 Å². The van der Waals surface area contributed by atoms with Gasteiger partial charge in [-0.15, -0.1) is 0 Å². The highest BCUT2D eigenvalue weighted by atomic mass is 16.4. The highest BCUT2D eigenvalue weighted by Gasteiger charge is 2.09. The molecule has 0 saturated heterocycles. The summed E-state index contributed by atoms with van der Waals surface area (Å²) in [6.45, 7) is 2.16. The van der Waals surface area contributed by atoms with Crippen LogP contribution in [0.1, 0.15) is 53.2 Å². The lowest BCUT2D eigenvalue weighted by Crippen LogP contribution is -2.02. The zero-order chi connectivity index (χ0) is 15.8. The number of unbranched alkanes of at least 4 members (excludes halogenated alkanes) is 2. The van der Waals surface area contributed by atoms with Gasteiger partial charge in [-0.3, -0.25) is 0 Å². The van der Waals surface area contributed by atoms with Crippen molar-refractivity contribution >= 4 is 5.97 Å². The van der Waals surface area contributed by atoms with Crippen LogP contribution >= 0.6 is 0 Å². The topological polar surface area (TPSA) is 37.3 Å². The lowest BCUT2D eigenvalue weighted by Gasteiger charge is -2.05. The predicted octanol–water partition coefficient (Wildman–Crippen LogP) is 4.52. The average Bonchev–Trinajstić information content (AvgIpc) is 2.54. The Hall–Kier alpha value is -2.53. The van der Waals surface area contributed by atoms with Gasteiger partial charge in [0.1, 0.15) is 0 Å². The molecule has 0 aromatic heterocycles. The molecule has 1 N–H and O–H groups in total. The van der Waals surface area contributed by atoms with E-state index >= 15 is 0 Å². The standard InChI is InChI=1S/C20H20O2/c1-2-3-5-10-17-12-14-18(19(15-17)20(21)22)13-11-16-8-6-4-7-9-16/h4,6-9,12,14-15H,2-3,5,10H2,1H3,(H,21,22). The highest BCUT2D eigenvalue weighted by Crippen LogP contribution is 2.14. The second-order valence-electron chi connectivity index (χ2n) is 5.26. The zero-order valence-corrected chi connectivity index (χ0v) is 12.8. The quantitative estimate of drug-likeness (QED) is 0.650. The monoisotopic (exact) mass is 292 g/mol. The van der Waals surface area contributed by atoms with Crippen LogP contribution in [0, 0.1) is 11.8 Å². The number of benzene rings is 2. The molecule has 2 aromatic rings. The SMILES string of the molecule is CCCCCc1ccc(C#Cc2ccccc2)c(C(=O)O)c1.